The highest BCUT2D eigenvalue weighted by molar-refractivity contribution is 5.82. The lowest BCUT2D eigenvalue weighted by Gasteiger charge is -2.03. The molecule has 0 fully saturated rings. The molecule has 0 radical (unpaired) electrons. The van der Waals surface area contributed by atoms with Gasteiger partial charge in [0.25, 0.3) is 0 Å². The zero-order valence-electron chi connectivity index (χ0n) is 7.96. The van der Waals surface area contributed by atoms with E-state index in [1.165, 1.54) is 6.08 Å². The van der Waals surface area contributed by atoms with Gasteiger partial charge < -0.3 is 10.5 Å². The van der Waals surface area contributed by atoms with Crippen molar-refractivity contribution in [2.75, 3.05) is 6.61 Å². The van der Waals surface area contributed by atoms with Gasteiger partial charge in [0.2, 0.25) is 0 Å². The van der Waals surface area contributed by atoms with E-state index in [9.17, 15) is 4.79 Å². The molecule has 0 aliphatic heterocycles. The average molecular weight is 171 g/mol. The van der Waals surface area contributed by atoms with Gasteiger partial charge in [-0.15, -0.1) is 0 Å². The fourth-order valence-corrected chi connectivity index (χ4v) is 0.866. The Morgan fingerprint density at radius 1 is 1.58 bits per heavy atom. The standard InChI is InChI=1S/C9H17NO2/c1-4-12-9(11)6-8(10)5-7(2)3/h6-7H,4-5,10H2,1-3H3. The van der Waals surface area contributed by atoms with Crippen LogP contribution in [0, 0.1) is 5.92 Å². The second-order valence-electron chi connectivity index (χ2n) is 3.07. The number of rotatable bonds is 4. The topological polar surface area (TPSA) is 52.3 Å². The Balaban J connectivity index is 3.89. The number of nitrogens with two attached hydrogens (primary N) is 1. The normalized spacial score (nSPS) is 11.8. The summed E-state index contributed by atoms with van der Waals surface area (Å²) < 4.78 is 4.70. The van der Waals surface area contributed by atoms with E-state index >= 15 is 0 Å². The number of carbonyl (C=O) groups is 1. The van der Waals surface area contributed by atoms with Crippen LogP contribution in [0.3, 0.4) is 0 Å². The molecule has 0 aromatic heterocycles. The molecule has 0 amide bonds. The zero-order chi connectivity index (χ0) is 9.56. The summed E-state index contributed by atoms with van der Waals surface area (Å²) in [5.74, 6) is 0.117. The van der Waals surface area contributed by atoms with Gasteiger partial charge in [-0.3, -0.25) is 0 Å². The molecule has 0 unspecified atom stereocenters. The number of allylic oxidation sites excluding steroid dienone is 1. The fourth-order valence-electron chi connectivity index (χ4n) is 0.866. The van der Waals surface area contributed by atoms with Crippen molar-refractivity contribution in [1.82, 2.24) is 0 Å². The summed E-state index contributed by atoms with van der Waals surface area (Å²) in [7, 11) is 0. The van der Waals surface area contributed by atoms with Gasteiger partial charge in [0.15, 0.2) is 0 Å². The monoisotopic (exact) mass is 171 g/mol. The number of esters is 1. The third kappa shape index (κ3) is 5.77. The van der Waals surface area contributed by atoms with Crippen molar-refractivity contribution in [2.45, 2.75) is 27.2 Å². The van der Waals surface area contributed by atoms with Crippen molar-refractivity contribution in [1.29, 1.82) is 0 Å². The van der Waals surface area contributed by atoms with Crippen LogP contribution in [0.1, 0.15) is 27.2 Å². The van der Waals surface area contributed by atoms with E-state index in [0.29, 0.717) is 18.2 Å². The first-order valence-corrected chi connectivity index (χ1v) is 4.19. The maximum atomic E-state index is 10.9. The van der Waals surface area contributed by atoms with E-state index in [4.69, 9.17) is 10.5 Å². The number of hydrogen-bond donors (Lipinski definition) is 1. The zero-order valence-corrected chi connectivity index (χ0v) is 7.96. The predicted octanol–water partition coefficient (Wildman–Crippen LogP) is 1.44. The second-order valence-corrected chi connectivity index (χ2v) is 3.07. The van der Waals surface area contributed by atoms with Crippen LogP contribution in [0.25, 0.3) is 0 Å². The minimum absolute atomic E-state index is 0.351. The summed E-state index contributed by atoms with van der Waals surface area (Å²) in [6, 6.07) is 0. The molecule has 3 heteroatoms. The van der Waals surface area contributed by atoms with E-state index in [1.807, 2.05) is 13.8 Å². The summed E-state index contributed by atoms with van der Waals surface area (Å²) in [5, 5.41) is 0. The highest BCUT2D eigenvalue weighted by atomic mass is 16.5. The van der Waals surface area contributed by atoms with Gasteiger partial charge in [0.1, 0.15) is 0 Å². The number of ether oxygens (including phenoxy) is 1. The molecule has 0 atom stereocenters. The second kappa shape index (κ2) is 5.63. The molecule has 0 spiro atoms. The van der Waals surface area contributed by atoms with Gasteiger partial charge in [-0.1, -0.05) is 13.8 Å². The minimum Gasteiger partial charge on any atom is -0.463 e. The van der Waals surface area contributed by atoms with Crippen molar-refractivity contribution in [3.63, 3.8) is 0 Å². The van der Waals surface area contributed by atoms with Gasteiger partial charge in [0.05, 0.1) is 6.61 Å². The van der Waals surface area contributed by atoms with Gasteiger partial charge >= 0.3 is 5.97 Å². The van der Waals surface area contributed by atoms with Crippen LogP contribution < -0.4 is 5.73 Å². The van der Waals surface area contributed by atoms with Crippen molar-refractivity contribution in [2.24, 2.45) is 11.7 Å². The predicted molar refractivity (Wildman–Crippen MR) is 48.4 cm³/mol. The molecule has 0 saturated heterocycles. The maximum Gasteiger partial charge on any atom is 0.332 e. The van der Waals surface area contributed by atoms with Gasteiger partial charge in [-0.05, 0) is 19.3 Å². The van der Waals surface area contributed by atoms with Crippen molar-refractivity contribution in [3.8, 4) is 0 Å². The smallest absolute Gasteiger partial charge is 0.332 e. The maximum absolute atomic E-state index is 10.9. The molecular formula is C9H17NO2. The van der Waals surface area contributed by atoms with E-state index in [-0.39, 0.29) is 5.97 Å². The van der Waals surface area contributed by atoms with E-state index in [2.05, 4.69) is 0 Å². The highest BCUT2D eigenvalue weighted by Gasteiger charge is 2.00. The molecule has 70 valence electrons. The van der Waals surface area contributed by atoms with Crippen LogP contribution in [-0.2, 0) is 9.53 Å². The van der Waals surface area contributed by atoms with Crippen LogP contribution >= 0.6 is 0 Å². The summed E-state index contributed by atoms with van der Waals surface area (Å²) >= 11 is 0. The lowest BCUT2D eigenvalue weighted by atomic mass is 10.1. The minimum atomic E-state index is -0.351. The van der Waals surface area contributed by atoms with Crippen LogP contribution in [0.5, 0.6) is 0 Å². The molecule has 0 aromatic carbocycles. The Labute approximate surface area is 73.6 Å². The molecule has 0 bridgehead atoms. The Hall–Kier alpha value is -0.990. The lowest BCUT2D eigenvalue weighted by molar-refractivity contribution is -0.137. The molecule has 0 heterocycles. The first-order chi connectivity index (χ1) is 5.56. The van der Waals surface area contributed by atoms with Gasteiger partial charge in [0, 0.05) is 11.8 Å². The van der Waals surface area contributed by atoms with E-state index in [1.54, 1.807) is 6.92 Å². The SMILES string of the molecule is CCOC(=O)C=C(N)CC(C)C. The quantitative estimate of drug-likeness (QED) is 0.514. The number of hydrogen-bond acceptors (Lipinski definition) is 3. The van der Waals surface area contributed by atoms with E-state index < -0.39 is 0 Å². The summed E-state index contributed by atoms with van der Waals surface area (Å²) in [6.45, 7) is 6.26. The molecule has 0 rings (SSSR count). The average Bonchev–Trinajstić information content (AvgIpc) is 1.84. The third-order valence-corrected chi connectivity index (χ3v) is 1.23. The highest BCUT2D eigenvalue weighted by Crippen LogP contribution is 2.04. The first kappa shape index (κ1) is 11.0. The van der Waals surface area contributed by atoms with Crippen molar-refractivity contribution < 1.29 is 9.53 Å². The Kier molecular flexibility index (Phi) is 5.17. The Morgan fingerprint density at radius 3 is 2.58 bits per heavy atom. The van der Waals surface area contributed by atoms with Gasteiger partial charge in [-0.25, -0.2) is 4.79 Å². The molecule has 2 N–H and O–H groups in total. The molecule has 0 aromatic rings. The van der Waals surface area contributed by atoms with Crippen LogP contribution in [-0.4, -0.2) is 12.6 Å². The van der Waals surface area contributed by atoms with E-state index in [0.717, 1.165) is 6.42 Å². The lowest BCUT2D eigenvalue weighted by Crippen LogP contribution is -2.07. The van der Waals surface area contributed by atoms with Crippen LogP contribution in [0.2, 0.25) is 0 Å². The van der Waals surface area contributed by atoms with Crippen molar-refractivity contribution >= 4 is 5.97 Å². The van der Waals surface area contributed by atoms with Crippen LogP contribution in [0.15, 0.2) is 11.8 Å². The summed E-state index contributed by atoms with van der Waals surface area (Å²) in [6.07, 6.45) is 2.09. The Bertz CT molecular complexity index is 173. The largest absolute Gasteiger partial charge is 0.463 e. The van der Waals surface area contributed by atoms with Crippen LogP contribution in [0.4, 0.5) is 0 Å². The molecule has 0 saturated carbocycles. The van der Waals surface area contributed by atoms with Crippen molar-refractivity contribution in [3.05, 3.63) is 11.8 Å². The Morgan fingerprint density at radius 2 is 2.17 bits per heavy atom. The molecule has 3 nitrogen and oxygen atoms in total. The summed E-state index contributed by atoms with van der Waals surface area (Å²) in [5.41, 5.74) is 6.15. The third-order valence-electron chi connectivity index (χ3n) is 1.23. The number of carbonyl (C=O) groups excluding carboxylic acids is 1. The van der Waals surface area contributed by atoms with Gasteiger partial charge in [-0.2, -0.15) is 0 Å². The molecule has 12 heavy (non-hydrogen) atoms. The fraction of sp³-hybridized carbons (Fsp3) is 0.667. The molecular weight excluding hydrogens is 154 g/mol. The molecule has 0 aliphatic rings. The molecule has 0 aliphatic carbocycles. The first-order valence-electron chi connectivity index (χ1n) is 4.19. The summed E-state index contributed by atoms with van der Waals surface area (Å²) in [4.78, 5) is 10.9.